The van der Waals surface area contributed by atoms with E-state index in [1.807, 2.05) is 35.2 Å². The van der Waals surface area contributed by atoms with Crippen LogP contribution < -0.4 is 5.32 Å². The van der Waals surface area contributed by atoms with Crippen molar-refractivity contribution in [2.75, 3.05) is 25.5 Å². The molecule has 1 spiro atoms. The van der Waals surface area contributed by atoms with Gasteiger partial charge in [-0.1, -0.05) is 24.3 Å². The average Bonchev–Trinajstić information content (AvgIpc) is 3.47. The maximum absolute atomic E-state index is 12.8. The Morgan fingerprint density at radius 1 is 1.00 bits per heavy atom. The molecule has 0 bridgehead atoms. The molecule has 1 atom stereocenters. The molecule has 2 aromatic rings. The molecule has 1 aliphatic heterocycles. The third-order valence-electron chi connectivity index (χ3n) is 6.12. The van der Waals surface area contributed by atoms with Crippen LogP contribution in [0.1, 0.15) is 40.0 Å². The number of benzene rings is 2. The Bertz CT molecular complexity index is 933. The summed E-state index contributed by atoms with van der Waals surface area (Å²) in [7, 11) is 1.32. The number of amides is 2. The van der Waals surface area contributed by atoms with E-state index in [2.05, 4.69) is 5.32 Å². The summed E-state index contributed by atoms with van der Waals surface area (Å²) in [5, 5.41) is 2.99. The summed E-state index contributed by atoms with van der Waals surface area (Å²) in [6.45, 7) is 1.24. The van der Waals surface area contributed by atoms with E-state index in [-0.39, 0.29) is 23.1 Å². The van der Waals surface area contributed by atoms with E-state index in [1.165, 1.54) is 7.11 Å². The fourth-order valence-electron chi connectivity index (χ4n) is 4.26. The third kappa shape index (κ3) is 3.88. The highest BCUT2D eigenvalue weighted by Crippen LogP contribution is 2.59. The van der Waals surface area contributed by atoms with Crippen molar-refractivity contribution in [1.29, 1.82) is 0 Å². The van der Waals surface area contributed by atoms with Gasteiger partial charge in [0.25, 0.3) is 5.91 Å². The number of hydrogen-bond acceptors (Lipinski definition) is 4. The smallest absolute Gasteiger partial charge is 0.337 e. The van der Waals surface area contributed by atoms with Crippen LogP contribution in [0.15, 0.2) is 54.6 Å². The number of methoxy groups -OCH3 is 1. The first kappa shape index (κ1) is 19.2. The molecular formula is C23H24N2O4. The second-order valence-corrected chi connectivity index (χ2v) is 7.84. The van der Waals surface area contributed by atoms with Crippen LogP contribution in [0.5, 0.6) is 0 Å². The summed E-state index contributed by atoms with van der Waals surface area (Å²) in [6, 6.07) is 16.1. The van der Waals surface area contributed by atoms with Gasteiger partial charge in [-0.25, -0.2) is 4.79 Å². The maximum atomic E-state index is 12.8. The predicted molar refractivity (Wildman–Crippen MR) is 109 cm³/mol. The van der Waals surface area contributed by atoms with Gasteiger partial charge < -0.3 is 15.0 Å². The van der Waals surface area contributed by atoms with E-state index >= 15 is 0 Å². The standard InChI is InChI=1S/C23H24N2O4/c1-29-22(28)17-7-5-6-16(14-17)21(27)25-12-10-23(11-13-25)15-19(23)20(26)24-18-8-3-2-4-9-18/h2-9,14,19H,10-13,15H2,1H3,(H,24,26)/t19-/m1/s1. The van der Waals surface area contributed by atoms with Crippen molar-refractivity contribution in [2.45, 2.75) is 19.3 Å². The predicted octanol–water partition coefficient (Wildman–Crippen LogP) is 3.35. The number of rotatable bonds is 4. The quantitative estimate of drug-likeness (QED) is 0.810. The van der Waals surface area contributed by atoms with Crippen molar-refractivity contribution in [3.8, 4) is 0 Å². The minimum Gasteiger partial charge on any atom is -0.465 e. The summed E-state index contributed by atoms with van der Waals surface area (Å²) in [6.07, 6.45) is 2.52. The molecule has 6 heteroatoms. The first-order chi connectivity index (χ1) is 14.0. The fraction of sp³-hybridized carbons (Fsp3) is 0.348. The van der Waals surface area contributed by atoms with Gasteiger partial charge in [-0.15, -0.1) is 0 Å². The third-order valence-corrected chi connectivity index (χ3v) is 6.12. The summed E-state index contributed by atoms with van der Waals surface area (Å²) >= 11 is 0. The van der Waals surface area contributed by atoms with Gasteiger partial charge in [0.05, 0.1) is 12.7 Å². The minimum absolute atomic E-state index is 0.0163. The maximum Gasteiger partial charge on any atom is 0.337 e. The van der Waals surface area contributed by atoms with E-state index in [9.17, 15) is 14.4 Å². The first-order valence-electron chi connectivity index (χ1n) is 9.86. The Labute approximate surface area is 169 Å². The van der Waals surface area contributed by atoms with Gasteiger partial charge in [-0.2, -0.15) is 0 Å². The number of nitrogens with one attached hydrogen (secondary N) is 1. The molecule has 2 aromatic carbocycles. The normalized spacial score (nSPS) is 19.5. The molecule has 1 aliphatic carbocycles. The molecule has 150 valence electrons. The van der Waals surface area contributed by atoms with Crippen molar-refractivity contribution < 1.29 is 19.1 Å². The van der Waals surface area contributed by atoms with Crippen LogP contribution in [0.25, 0.3) is 0 Å². The zero-order valence-electron chi connectivity index (χ0n) is 16.4. The largest absolute Gasteiger partial charge is 0.465 e. The van der Waals surface area contributed by atoms with Crippen LogP contribution in [-0.4, -0.2) is 42.9 Å². The summed E-state index contributed by atoms with van der Waals surface area (Å²) < 4.78 is 4.73. The van der Waals surface area contributed by atoms with Gasteiger partial charge in [-0.3, -0.25) is 9.59 Å². The van der Waals surface area contributed by atoms with Crippen molar-refractivity contribution >= 4 is 23.5 Å². The lowest BCUT2D eigenvalue weighted by molar-refractivity contribution is -0.118. The Hall–Kier alpha value is -3.15. The molecule has 29 heavy (non-hydrogen) atoms. The van der Waals surface area contributed by atoms with Gasteiger partial charge in [-0.05, 0) is 55.0 Å². The summed E-state index contributed by atoms with van der Waals surface area (Å²) in [5.74, 6) is -0.455. The highest BCUT2D eigenvalue weighted by Gasteiger charge is 2.58. The number of likely N-dealkylation sites (tertiary alicyclic amines) is 1. The van der Waals surface area contributed by atoms with Crippen molar-refractivity contribution in [1.82, 2.24) is 4.90 Å². The van der Waals surface area contributed by atoms with Crippen molar-refractivity contribution in [3.63, 3.8) is 0 Å². The van der Waals surface area contributed by atoms with Gasteiger partial charge >= 0.3 is 5.97 Å². The Balaban J connectivity index is 1.35. The van der Waals surface area contributed by atoms with Gasteiger partial charge in [0.2, 0.25) is 5.91 Å². The molecule has 0 unspecified atom stereocenters. The molecule has 2 amide bonds. The molecule has 0 radical (unpaired) electrons. The second-order valence-electron chi connectivity index (χ2n) is 7.84. The van der Waals surface area contributed by atoms with Crippen molar-refractivity contribution in [3.05, 3.63) is 65.7 Å². The first-order valence-corrected chi connectivity index (χ1v) is 9.86. The number of carbonyl (C=O) groups is 3. The van der Waals surface area contributed by atoms with Crippen LogP contribution in [0, 0.1) is 11.3 Å². The van der Waals surface area contributed by atoms with E-state index in [0.717, 1.165) is 24.9 Å². The molecular weight excluding hydrogens is 368 g/mol. The molecule has 1 N–H and O–H groups in total. The number of ether oxygens (including phenoxy) is 1. The lowest BCUT2D eigenvalue weighted by Gasteiger charge is -2.33. The van der Waals surface area contributed by atoms with Crippen LogP contribution in [0.4, 0.5) is 5.69 Å². The Morgan fingerprint density at radius 3 is 2.38 bits per heavy atom. The van der Waals surface area contributed by atoms with Gasteiger partial charge in [0.1, 0.15) is 0 Å². The van der Waals surface area contributed by atoms with Crippen LogP contribution in [0.2, 0.25) is 0 Å². The van der Waals surface area contributed by atoms with Crippen LogP contribution in [-0.2, 0) is 9.53 Å². The molecule has 1 heterocycles. The lowest BCUT2D eigenvalue weighted by Crippen LogP contribution is -2.40. The fourth-order valence-corrected chi connectivity index (χ4v) is 4.26. The molecule has 4 rings (SSSR count). The van der Waals surface area contributed by atoms with Crippen molar-refractivity contribution in [2.24, 2.45) is 11.3 Å². The molecule has 2 fully saturated rings. The number of carbonyl (C=O) groups excluding carboxylic acids is 3. The molecule has 2 aliphatic rings. The number of para-hydroxylation sites is 1. The Kier molecular flexibility index (Phi) is 5.09. The van der Waals surface area contributed by atoms with Gasteiger partial charge in [0.15, 0.2) is 0 Å². The molecule has 6 nitrogen and oxygen atoms in total. The van der Waals surface area contributed by atoms with E-state index in [1.54, 1.807) is 24.3 Å². The van der Waals surface area contributed by atoms with E-state index in [0.29, 0.717) is 24.2 Å². The minimum atomic E-state index is -0.456. The van der Waals surface area contributed by atoms with Crippen LogP contribution in [0.3, 0.4) is 0 Å². The number of anilines is 1. The van der Waals surface area contributed by atoms with E-state index < -0.39 is 5.97 Å². The molecule has 0 aromatic heterocycles. The number of nitrogens with zero attached hydrogens (tertiary/aromatic N) is 1. The lowest BCUT2D eigenvalue weighted by atomic mass is 9.90. The zero-order valence-corrected chi connectivity index (χ0v) is 16.4. The number of esters is 1. The summed E-state index contributed by atoms with van der Waals surface area (Å²) in [5.41, 5.74) is 1.69. The SMILES string of the molecule is COC(=O)c1cccc(C(=O)N2CCC3(CC2)C[C@@H]3C(=O)Nc2ccccc2)c1. The molecule has 1 saturated heterocycles. The summed E-state index contributed by atoms with van der Waals surface area (Å²) in [4.78, 5) is 38.9. The monoisotopic (exact) mass is 392 g/mol. The highest BCUT2D eigenvalue weighted by atomic mass is 16.5. The zero-order chi connectivity index (χ0) is 20.4. The average molecular weight is 392 g/mol. The number of hydrogen-bond donors (Lipinski definition) is 1. The Morgan fingerprint density at radius 2 is 1.69 bits per heavy atom. The molecule has 1 saturated carbocycles. The topological polar surface area (TPSA) is 75.7 Å². The highest BCUT2D eigenvalue weighted by molar-refractivity contribution is 5.98. The van der Waals surface area contributed by atoms with Crippen LogP contribution >= 0.6 is 0 Å². The second kappa shape index (κ2) is 7.70. The van der Waals surface area contributed by atoms with E-state index in [4.69, 9.17) is 4.74 Å². The van der Waals surface area contributed by atoms with Gasteiger partial charge in [0, 0.05) is 30.3 Å². The number of piperidine rings is 1.